The first kappa shape index (κ1) is 18.6. The number of aromatic nitrogens is 3. The fourth-order valence-electron chi connectivity index (χ4n) is 3.63. The summed E-state index contributed by atoms with van der Waals surface area (Å²) in [6.07, 6.45) is 7.94. The molecule has 6 heteroatoms. The molecule has 1 aliphatic rings. The maximum absolute atomic E-state index is 5.90. The normalized spacial score (nSPS) is 15.1. The number of H-pyrrole nitrogens is 1. The molecule has 1 fully saturated rings. The van der Waals surface area contributed by atoms with Crippen LogP contribution in [0.3, 0.4) is 0 Å². The van der Waals surface area contributed by atoms with Gasteiger partial charge in [0.25, 0.3) is 0 Å². The van der Waals surface area contributed by atoms with Crippen LogP contribution in [0.15, 0.2) is 59.7 Å². The van der Waals surface area contributed by atoms with Gasteiger partial charge in [0.15, 0.2) is 5.82 Å². The molecule has 1 N–H and O–H groups in total. The van der Waals surface area contributed by atoms with Crippen molar-refractivity contribution >= 4 is 18.4 Å². The van der Waals surface area contributed by atoms with Crippen molar-refractivity contribution in [2.24, 2.45) is 5.10 Å². The lowest BCUT2D eigenvalue weighted by atomic mass is 9.89. The van der Waals surface area contributed by atoms with E-state index in [1.54, 1.807) is 4.68 Å². The summed E-state index contributed by atoms with van der Waals surface area (Å²) < 4.78 is 8.22. The highest BCUT2D eigenvalue weighted by Crippen LogP contribution is 2.31. The number of hydrogen-bond donors (Lipinski definition) is 1. The summed E-state index contributed by atoms with van der Waals surface area (Å²) in [7, 11) is 0. The van der Waals surface area contributed by atoms with Crippen molar-refractivity contribution < 1.29 is 4.74 Å². The van der Waals surface area contributed by atoms with Gasteiger partial charge >= 0.3 is 0 Å². The summed E-state index contributed by atoms with van der Waals surface area (Å²) >= 11 is 5.41. The van der Waals surface area contributed by atoms with Gasteiger partial charge in [0.1, 0.15) is 12.4 Å². The van der Waals surface area contributed by atoms with Crippen LogP contribution in [0.1, 0.15) is 55.0 Å². The Hall–Kier alpha value is -2.73. The maximum atomic E-state index is 5.90. The molecular formula is C22H24N4OS. The minimum absolute atomic E-state index is 0.426. The molecule has 0 radical (unpaired) electrons. The number of nitrogens with zero attached hydrogens (tertiary/aromatic N) is 3. The molecule has 3 aromatic rings. The van der Waals surface area contributed by atoms with E-state index in [4.69, 9.17) is 17.0 Å². The van der Waals surface area contributed by atoms with Crippen molar-refractivity contribution in [3.05, 3.63) is 76.3 Å². The molecule has 0 spiro atoms. The third-order valence-corrected chi connectivity index (χ3v) is 5.41. The first-order valence-corrected chi connectivity index (χ1v) is 10.2. The Morgan fingerprint density at radius 3 is 2.64 bits per heavy atom. The molecule has 0 atom stereocenters. The molecule has 5 nitrogen and oxygen atoms in total. The molecule has 0 saturated heterocycles. The smallest absolute Gasteiger partial charge is 0.216 e. The zero-order valence-electron chi connectivity index (χ0n) is 15.8. The summed E-state index contributed by atoms with van der Waals surface area (Å²) in [6, 6.07) is 17.9. The Bertz CT molecular complexity index is 987. The fraction of sp³-hybridized carbons (Fsp3) is 0.318. The second-order valence-electron chi connectivity index (χ2n) is 7.08. The van der Waals surface area contributed by atoms with E-state index >= 15 is 0 Å². The van der Waals surface area contributed by atoms with Crippen molar-refractivity contribution in [1.82, 2.24) is 14.9 Å². The average molecular weight is 393 g/mol. The molecule has 0 bridgehead atoms. The van der Waals surface area contributed by atoms with Gasteiger partial charge in [0.2, 0.25) is 4.77 Å². The highest BCUT2D eigenvalue weighted by molar-refractivity contribution is 7.71. The van der Waals surface area contributed by atoms with Crippen LogP contribution in [0, 0.1) is 4.77 Å². The van der Waals surface area contributed by atoms with Gasteiger partial charge in [-0.05, 0) is 42.8 Å². The zero-order chi connectivity index (χ0) is 19.2. The van der Waals surface area contributed by atoms with Gasteiger partial charge in [0.05, 0.1) is 6.21 Å². The van der Waals surface area contributed by atoms with Crippen LogP contribution >= 0.6 is 12.2 Å². The van der Waals surface area contributed by atoms with Crippen molar-refractivity contribution in [3.63, 3.8) is 0 Å². The molecule has 0 unspecified atom stereocenters. The van der Waals surface area contributed by atoms with Crippen LogP contribution in [-0.4, -0.2) is 21.1 Å². The highest BCUT2D eigenvalue weighted by atomic mass is 32.1. The Morgan fingerprint density at radius 1 is 1.07 bits per heavy atom. The lowest BCUT2D eigenvalue weighted by Gasteiger charge is -2.19. The lowest BCUT2D eigenvalue weighted by molar-refractivity contribution is 0.306. The number of aromatic amines is 1. The molecule has 2 aromatic carbocycles. The second-order valence-corrected chi connectivity index (χ2v) is 7.47. The van der Waals surface area contributed by atoms with Crippen LogP contribution in [0.5, 0.6) is 5.75 Å². The first-order chi connectivity index (χ1) is 13.8. The summed E-state index contributed by atoms with van der Waals surface area (Å²) in [5.41, 5.74) is 2.08. The minimum Gasteiger partial charge on any atom is -0.489 e. The number of para-hydroxylation sites is 1. The van der Waals surface area contributed by atoms with Crippen LogP contribution < -0.4 is 4.74 Å². The zero-order valence-corrected chi connectivity index (χ0v) is 16.6. The predicted octanol–water partition coefficient (Wildman–Crippen LogP) is 5.45. The summed E-state index contributed by atoms with van der Waals surface area (Å²) in [5.74, 6) is 2.22. The number of rotatable bonds is 6. The van der Waals surface area contributed by atoms with Crippen molar-refractivity contribution in [3.8, 4) is 5.75 Å². The average Bonchev–Trinajstić information content (AvgIpc) is 3.13. The molecule has 144 valence electrons. The van der Waals surface area contributed by atoms with E-state index in [2.05, 4.69) is 21.4 Å². The van der Waals surface area contributed by atoms with Gasteiger partial charge in [-0.1, -0.05) is 61.7 Å². The molecule has 1 aliphatic carbocycles. The van der Waals surface area contributed by atoms with E-state index in [1.165, 1.54) is 19.3 Å². The molecule has 1 saturated carbocycles. The monoisotopic (exact) mass is 392 g/mol. The first-order valence-electron chi connectivity index (χ1n) is 9.78. The third-order valence-electron chi connectivity index (χ3n) is 5.15. The van der Waals surface area contributed by atoms with E-state index in [-0.39, 0.29) is 0 Å². The minimum atomic E-state index is 0.426. The van der Waals surface area contributed by atoms with Gasteiger partial charge in [-0.15, -0.1) is 0 Å². The number of benzene rings is 2. The van der Waals surface area contributed by atoms with E-state index < -0.39 is 0 Å². The molecule has 4 rings (SSSR count). The third kappa shape index (κ3) is 4.39. The standard InChI is InChI=1S/C22H24N4OS/c28-22-25-24-21(17-9-3-1-4-10-17)26(22)23-15-18-11-7-8-12-19(18)16-27-20-13-5-2-6-14-20/h2,5-8,11-15,17H,1,3-4,9-10,16H2,(H,25,28)/b23-15-. The van der Waals surface area contributed by atoms with Crippen LogP contribution in [-0.2, 0) is 6.61 Å². The van der Waals surface area contributed by atoms with Crippen LogP contribution in [0.25, 0.3) is 0 Å². The number of nitrogens with one attached hydrogen (secondary N) is 1. The Morgan fingerprint density at radius 2 is 1.82 bits per heavy atom. The SMILES string of the molecule is S=c1[nH]nc(C2CCCCC2)n1/N=C\c1ccccc1COc1ccccc1. The Kier molecular flexibility index (Phi) is 5.97. The second kappa shape index (κ2) is 8.97. The van der Waals surface area contributed by atoms with Crippen molar-refractivity contribution in [2.75, 3.05) is 0 Å². The quantitative estimate of drug-likeness (QED) is 0.448. The van der Waals surface area contributed by atoms with Gasteiger partial charge in [-0.25, -0.2) is 0 Å². The summed E-state index contributed by atoms with van der Waals surface area (Å²) in [5, 5.41) is 12.0. The van der Waals surface area contributed by atoms with Gasteiger partial charge in [-0.3, -0.25) is 5.10 Å². The molecule has 1 aromatic heterocycles. The van der Waals surface area contributed by atoms with E-state index in [9.17, 15) is 0 Å². The molecule has 0 amide bonds. The summed E-state index contributed by atoms with van der Waals surface area (Å²) in [6.45, 7) is 0.485. The summed E-state index contributed by atoms with van der Waals surface area (Å²) in [4.78, 5) is 0. The molecule has 1 heterocycles. The Labute approximate surface area is 170 Å². The molecule has 0 aliphatic heterocycles. The lowest BCUT2D eigenvalue weighted by Crippen LogP contribution is -2.10. The Balaban J connectivity index is 1.54. The van der Waals surface area contributed by atoms with Gasteiger partial charge in [0, 0.05) is 11.5 Å². The van der Waals surface area contributed by atoms with Gasteiger partial charge < -0.3 is 4.74 Å². The van der Waals surface area contributed by atoms with Gasteiger partial charge in [-0.2, -0.15) is 14.9 Å². The molecular weight excluding hydrogens is 368 g/mol. The number of hydrogen-bond acceptors (Lipinski definition) is 4. The van der Waals surface area contributed by atoms with Crippen molar-refractivity contribution in [2.45, 2.75) is 44.6 Å². The van der Waals surface area contributed by atoms with Crippen LogP contribution in [0.2, 0.25) is 0 Å². The molecule has 28 heavy (non-hydrogen) atoms. The van der Waals surface area contributed by atoms with E-state index in [0.717, 1.165) is 35.5 Å². The highest BCUT2D eigenvalue weighted by Gasteiger charge is 2.21. The fourth-order valence-corrected chi connectivity index (χ4v) is 3.82. The topological polar surface area (TPSA) is 55.2 Å². The predicted molar refractivity (Wildman–Crippen MR) is 113 cm³/mol. The largest absolute Gasteiger partial charge is 0.489 e. The number of ether oxygens (including phenoxy) is 1. The maximum Gasteiger partial charge on any atom is 0.216 e. The van der Waals surface area contributed by atoms with E-state index in [0.29, 0.717) is 17.3 Å². The van der Waals surface area contributed by atoms with Crippen LogP contribution in [0.4, 0.5) is 0 Å². The van der Waals surface area contributed by atoms with Crippen molar-refractivity contribution in [1.29, 1.82) is 0 Å². The van der Waals surface area contributed by atoms with E-state index in [1.807, 2.05) is 54.7 Å².